The lowest BCUT2D eigenvalue weighted by Crippen LogP contribution is -2.44. The standard InChI is InChI=1S/C45H60O12/c1-11-52-37(46)43(38(47)53-12-2)23-31(17-18-33-25-44(39(48)54-13-3,40(49)55-14-4)26-34(33)19-29(7)8)21-32(24-43)22-36-28-45(41(50)56-15-5,42(51)57-16-6)27-35(36)20-30(9)10/h17-22H,11-16,23-28H2,1-10H3/b18-17+,32-22+. The maximum atomic E-state index is 13.9. The minimum absolute atomic E-state index is 0.0138. The lowest BCUT2D eigenvalue weighted by atomic mass is 9.71. The number of rotatable bonds is 17. The molecule has 0 bridgehead atoms. The quantitative estimate of drug-likeness (QED) is 0.0807. The molecule has 0 fully saturated rings. The van der Waals surface area contributed by atoms with Gasteiger partial charge in [-0.2, -0.15) is 0 Å². The smallest absolute Gasteiger partial charge is 0.324 e. The van der Waals surface area contributed by atoms with Crippen molar-refractivity contribution in [2.75, 3.05) is 39.6 Å². The van der Waals surface area contributed by atoms with Crippen LogP contribution in [0.25, 0.3) is 0 Å². The van der Waals surface area contributed by atoms with Crippen molar-refractivity contribution in [3.63, 3.8) is 0 Å². The van der Waals surface area contributed by atoms with Crippen LogP contribution in [0.5, 0.6) is 0 Å². The summed E-state index contributed by atoms with van der Waals surface area (Å²) in [5, 5.41) is 0. The fourth-order valence-corrected chi connectivity index (χ4v) is 7.64. The van der Waals surface area contributed by atoms with Gasteiger partial charge in [0.25, 0.3) is 0 Å². The number of carbonyl (C=O) groups is 6. The van der Waals surface area contributed by atoms with Crippen LogP contribution in [0.4, 0.5) is 0 Å². The average Bonchev–Trinajstić information content (AvgIpc) is 3.70. The van der Waals surface area contributed by atoms with Gasteiger partial charge >= 0.3 is 35.8 Å². The van der Waals surface area contributed by atoms with Crippen molar-refractivity contribution in [1.29, 1.82) is 0 Å². The molecule has 0 aromatic rings. The number of esters is 6. The Bertz CT molecular complexity index is 1750. The highest BCUT2D eigenvalue weighted by atomic mass is 16.6. The summed E-state index contributed by atoms with van der Waals surface area (Å²) in [6.07, 6.45) is 11.0. The molecule has 0 aromatic heterocycles. The third-order valence-corrected chi connectivity index (χ3v) is 9.96. The maximum Gasteiger partial charge on any atom is 0.324 e. The largest absolute Gasteiger partial charge is 0.465 e. The van der Waals surface area contributed by atoms with Crippen LogP contribution >= 0.6 is 0 Å². The molecular weight excluding hydrogens is 732 g/mol. The summed E-state index contributed by atoms with van der Waals surface area (Å²) in [7, 11) is 0. The first-order valence-electron chi connectivity index (χ1n) is 19.9. The van der Waals surface area contributed by atoms with E-state index in [9.17, 15) is 28.8 Å². The van der Waals surface area contributed by atoms with E-state index in [2.05, 4.69) is 0 Å². The molecular formula is C45H60O12. The summed E-state index contributed by atoms with van der Waals surface area (Å²) in [6, 6.07) is 0. The highest BCUT2D eigenvalue weighted by Crippen LogP contribution is 2.49. The Morgan fingerprint density at radius 1 is 0.456 bits per heavy atom. The molecule has 0 aromatic carbocycles. The molecule has 3 rings (SSSR count). The molecule has 12 heteroatoms. The fourth-order valence-electron chi connectivity index (χ4n) is 7.64. The van der Waals surface area contributed by atoms with Gasteiger partial charge in [0, 0.05) is 0 Å². The summed E-state index contributed by atoms with van der Waals surface area (Å²) in [5.41, 5.74) is 0.811. The SMILES string of the molecule is CCOC(=O)C1(C(=O)OCC)CC(C=C(C)C)=C(/C=C2C=C(/C=C/C3=C(C=C(C)C)CC(C(=O)OCC)(C(=O)OCC)C3)CC(C(=O)OCC)(C(=O)OCC)C\2)C1. The van der Waals surface area contributed by atoms with Gasteiger partial charge < -0.3 is 28.4 Å². The van der Waals surface area contributed by atoms with Crippen LogP contribution in [0, 0.1) is 16.2 Å². The molecule has 0 amide bonds. The van der Waals surface area contributed by atoms with Crippen LogP contribution in [-0.4, -0.2) is 75.5 Å². The Morgan fingerprint density at radius 3 is 1.12 bits per heavy atom. The first-order chi connectivity index (χ1) is 27.0. The van der Waals surface area contributed by atoms with Crippen LogP contribution in [0.2, 0.25) is 0 Å². The Labute approximate surface area is 337 Å². The van der Waals surface area contributed by atoms with Crippen molar-refractivity contribution >= 4 is 35.8 Å². The van der Waals surface area contributed by atoms with Gasteiger partial charge in [-0.15, -0.1) is 0 Å². The summed E-state index contributed by atoms with van der Waals surface area (Å²) in [5.74, 6) is -4.22. The topological polar surface area (TPSA) is 158 Å². The third kappa shape index (κ3) is 10.5. The predicted octanol–water partition coefficient (Wildman–Crippen LogP) is 7.64. The number of allylic oxidation sites excluding steroid dienone is 14. The number of carbonyl (C=O) groups excluding carboxylic acids is 6. The van der Waals surface area contributed by atoms with Crippen LogP contribution in [0.15, 0.2) is 81.0 Å². The van der Waals surface area contributed by atoms with Crippen LogP contribution < -0.4 is 0 Å². The third-order valence-electron chi connectivity index (χ3n) is 9.96. The highest BCUT2D eigenvalue weighted by molar-refractivity contribution is 6.03. The van der Waals surface area contributed by atoms with Gasteiger partial charge in [-0.25, -0.2) is 0 Å². The van der Waals surface area contributed by atoms with E-state index in [1.165, 1.54) is 0 Å². The van der Waals surface area contributed by atoms with E-state index >= 15 is 0 Å². The molecule has 312 valence electrons. The van der Waals surface area contributed by atoms with E-state index in [0.29, 0.717) is 27.9 Å². The fraction of sp³-hybridized carbons (Fsp3) is 0.556. The molecule has 0 spiro atoms. The normalized spacial score (nSPS) is 18.8. The summed E-state index contributed by atoms with van der Waals surface area (Å²) in [6.45, 7) is 18.0. The zero-order valence-corrected chi connectivity index (χ0v) is 35.3. The van der Waals surface area contributed by atoms with Gasteiger partial charge in [-0.05, 0) is 141 Å². The van der Waals surface area contributed by atoms with Gasteiger partial charge in [0.1, 0.15) is 0 Å². The van der Waals surface area contributed by atoms with Crippen molar-refractivity contribution < 1.29 is 57.2 Å². The van der Waals surface area contributed by atoms with Crippen molar-refractivity contribution in [2.45, 2.75) is 108 Å². The Kier molecular flexibility index (Phi) is 16.6. The Balaban J connectivity index is 2.31. The van der Waals surface area contributed by atoms with E-state index in [4.69, 9.17) is 28.4 Å². The lowest BCUT2D eigenvalue weighted by Gasteiger charge is -2.33. The molecule has 0 saturated carbocycles. The zero-order valence-electron chi connectivity index (χ0n) is 35.3. The lowest BCUT2D eigenvalue weighted by molar-refractivity contribution is -0.173. The molecule has 0 unspecified atom stereocenters. The van der Waals surface area contributed by atoms with Crippen LogP contribution in [0.3, 0.4) is 0 Å². The second-order valence-corrected chi connectivity index (χ2v) is 14.9. The van der Waals surface area contributed by atoms with Crippen molar-refractivity contribution in [3.05, 3.63) is 81.0 Å². The zero-order chi connectivity index (χ0) is 42.6. The second-order valence-electron chi connectivity index (χ2n) is 14.9. The van der Waals surface area contributed by atoms with Crippen molar-refractivity contribution in [2.24, 2.45) is 16.2 Å². The maximum absolute atomic E-state index is 13.9. The first kappa shape index (κ1) is 46.4. The van der Waals surface area contributed by atoms with Crippen LogP contribution in [-0.2, 0) is 57.2 Å². The highest BCUT2D eigenvalue weighted by Gasteiger charge is 2.55. The molecule has 57 heavy (non-hydrogen) atoms. The Hall–Kier alpha value is -5.00. The van der Waals surface area contributed by atoms with Crippen molar-refractivity contribution in [1.82, 2.24) is 0 Å². The number of ether oxygens (including phenoxy) is 6. The summed E-state index contributed by atoms with van der Waals surface area (Å²) in [4.78, 5) is 81.8. The summed E-state index contributed by atoms with van der Waals surface area (Å²) >= 11 is 0. The van der Waals surface area contributed by atoms with Gasteiger partial charge in [0.05, 0.1) is 39.6 Å². The molecule has 0 atom stereocenters. The molecule has 3 aliphatic rings. The first-order valence-corrected chi connectivity index (χ1v) is 19.9. The van der Waals surface area contributed by atoms with Gasteiger partial charge in [-0.1, -0.05) is 47.6 Å². The molecule has 0 heterocycles. The van der Waals surface area contributed by atoms with E-state index in [-0.39, 0.29) is 78.2 Å². The average molecular weight is 793 g/mol. The van der Waals surface area contributed by atoms with E-state index in [0.717, 1.165) is 16.7 Å². The minimum Gasteiger partial charge on any atom is -0.465 e. The molecule has 12 nitrogen and oxygen atoms in total. The van der Waals surface area contributed by atoms with Crippen molar-refractivity contribution in [3.8, 4) is 0 Å². The van der Waals surface area contributed by atoms with Gasteiger partial charge in [0.15, 0.2) is 16.2 Å². The monoisotopic (exact) mass is 792 g/mol. The molecule has 0 aliphatic heterocycles. The Morgan fingerprint density at radius 2 is 0.772 bits per heavy atom. The molecule has 0 N–H and O–H groups in total. The molecule has 0 radical (unpaired) electrons. The summed E-state index contributed by atoms with van der Waals surface area (Å²) < 4.78 is 32.7. The van der Waals surface area contributed by atoms with E-state index in [1.54, 1.807) is 53.7 Å². The number of hydrogen-bond donors (Lipinski definition) is 0. The molecule has 0 saturated heterocycles. The van der Waals surface area contributed by atoms with E-state index in [1.807, 2.05) is 52.0 Å². The van der Waals surface area contributed by atoms with Gasteiger partial charge in [0.2, 0.25) is 0 Å². The minimum atomic E-state index is -1.77. The number of hydrogen-bond acceptors (Lipinski definition) is 12. The van der Waals surface area contributed by atoms with Crippen LogP contribution in [0.1, 0.15) is 108 Å². The molecule has 3 aliphatic carbocycles. The van der Waals surface area contributed by atoms with E-state index < -0.39 is 52.1 Å². The predicted molar refractivity (Wildman–Crippen MR) is 213 cm³/mol. The second kappa shape index (κ2) is 20.4. The van der Waals surface area contributed by atoms with Gasteiger partial charge in [-0.3, -0.25) is 28.8 Å².